The molecule has 0 radical (unpaired) electrons. The van der Waals surface area contributed by atoms with Gasteiger partial charge in [-0.05, 0) is 18.9 Å². The van der Waals surface area contributed by atoms with Crippen LogP contribution in [-0.4, -0.2) is 32.0 Å². The van der Waals surface area contributed by atoms with Gasteiger partial charge in [0.2, 0.25) is 0 Å². The number of aryl methyl sites for hydroxylation is 1. The third kappa shape index (κ3) is 3.80. The topological polar surface area (TPSA) is 81.9 Å². The van der Waals surface area contributed by atoms with Crippen LogP contribution in [0.1, 0.15) is 35.9 Å². The summed E-state index contributed by atoms with van der Waals surface area (Å²) in [7, 11) is -0.667. The summed E-state index contributed by atoms with van der Waals surface area (Å²) in [6, 6.07) is 5.28. The fourth-order valence-electron chi connectivity index (χ4n) is 2.84. The number of sulfonamides is 1. The molecule has 3 rings (SSSR count). The van der Waals surface area contributed by atoms with Crippen molar-refractivity contribution in [2.75, 3.05) is 14.2 Å². The molecule has 0 fully saturated rings. The largest absolute Gasteiger partial charge is 0.497 e. The van der Waals surface area contributed by atoms with E-state index in [-0.39, 0.29) is 17.5 Å². The van der Waals surface area contributed by atoms with Crippen LogP contribution in [0, 0.1) is 6.92 Å². The summed E-state index contributed by atoms with van der Waals surface area (Å²) in [5, 5.41) is 0.198. The highest BCUT2D eigenvalue weighted by Gasteiger charge is 2.27. The summed E-state index contributed by atoms with van der Waals surface area (Å²) in [5.41, 5.74) is 1.28. The van der Waals surface area contributed by atoms with Crippen LogP contribution in [0.15, 0.2) is 29.4 Å². The Morgan fingerprint density at radius 2 is 2.00 bits per heavy atom. The van der Waals surface area contributed by atoms with Gasteiger partial charge in [0, 0.05) is 29.2 Å². The lowest BCUT2D eigenvalue weighted by Crippen LogP contribution is -2.26. The van der Waals surface area contributed by atoms with Gasteiger partial charge in [0.15, 0.2) is 9.99 Å². The Hall–Kier alpha value is -2.10. The van der Waals surface area contributed by atoms with Crippen molar-refractivity contribution in [1.82, 2.24) is 14.1 Å². The van der Waals surface area contributed by atoms with Crippen molar-refractivity contribution in [1.29, 1.82) is 0 Å². The lowest BCUT2D eigenvalue weighted by Gasteiger charge is -2.13. The van der Waals surface area contributed by atoms with Gasteiger partial charge < -0.3 is 9.47 Å². The van der Waals surface area contributed by atoms with E-state index in [0.29, 0.717) is 22.2 Å². The van der Waals surface area contributed by atoms with Gasteiger partial charge in [-0.3, -0.25) is 4.40 Å². The fourth-order valence-corrected chi connectivity index (χ4v) is 5.16. The zero-order chi connectivity index (χ0) is 19.8. The molecule has 146 valence electrons. The van der Waals surface area contributed by atoms with E-state index < -0.39 is 10.0 Å². The molecule has 3 aromatic rings. The number of nitrogens with one attached hydrogen (secondary N) is 1. The third-order valence-corrected chi connectivity index (χ3v) is 6.51. The second kappa shape index (κ2) is 7.49. The van der Waals surface area contributed by atoms with Crippen molar-refractivity contribution in [2.45, 2.75) is 38.3 Å². The molecule has 0 unspecified atom stereocenters. The highest BCUT2D eigenvalue weighted by molar-refractivity contribution is 7.89. The number of hydrogen-bond donors (Lipinski definition) is 1. The first-order valence-corrected chi connectivity index (χ1v) is 10.8. The molecule has 0 spiro atoms. The summed E-state index contributed by atoms with van der Waals surface area (Å²) in [6.45, 7) is 5.90. The monoisotopic (exact) mass is 409 g/mol. The van der Waals surface area contributed by atoms with Crippen LogP contribution in [0.5, 0.6) is 11.5 Å². The molecule has 0 bridgehead atoms. The normalized spacial score (nSPS) is 12.1. The van der Waals surface area contributed by atoms with Gasteiger partial charge in [-0.15, -0.1) is 11.3 Å². The molecule has 27 heavy (non-hydrogen) atoms. The first kappa shape index (κ1) is 19.7. The van der Waals surface area contributed by atoms with Gasteiger partial charge in [-0.25, -0.2) is 18.1 Å². The van der Waals surface area contributed by atoms with E-state index in [4.69, 9.17) is 9.47 Å². The average Bonchev–Trinajstić information content (AvgIpc) is 3.15. The molecule has 2 aromatic heterocycles. The Morgan fingerprint density at radius 1 is 1.26 bits per heavy atom. The number of fused-ring (bicyclic) bond motifs is 1. The van der Waals surface area contributed by atoms with E-state index in [1.807, 2.05) is 20.8 Å². The highest BCUT2D eigenvalue weighted by atomic mass is 32.2. The number of rotatable bonds is 7. The van der Waals surface area contributed by atoms with Crippen molar-refractivity contribution in [3.63, 3.8) is 0 Å². The van der Waals surface area contributed by atoms with Crippen LogP contribution in [0.4, 0.5) is 0 Å². The minimum absolute atomic E-state index is 0.0143. The van der Waals surface area contributed by atoms with E-state index in [2.05, 4.69) is 9.71 Å². The molecule has 0 aliphatic rings. The molecule has 0 amide bonds. The van der Waals surface area contributed by atoms with Gasteiger partial charge in [-0.1, -0.05) is 19.9 Å². The SMILES string of the molecule is COc1ccc(CNS(=O)(=O)c2c(C(C)C)nc3sc(C)cn23)c(OC)c1. The molecular weight excluding hydrogens is 386 g/mol. The minimum Gasteiger partial charge on any atom is -0.497 e. The molecule has 1 N–H and O–H groups in total. The zero-order valence-electron chi connectivity index (χ0n) is 15.9. The first-order valence-electron chi connectivity index (χ1n) is 8.45. The summed E-state index contributed by atoms with van der Waals surface area (Å²) in [5.74, 6) is 1.19. The quantitative estimate of drug-likeness (QED) is 0.647. The summed E-state index contributed by atoms with van der Waals surface area (Å²) in [6.07, 6.45) is 1.81. The molecule has 0 aliphatic carbocycles. The van der Waals surface area contributed by atoms with E-state index in [1.54, 1.807) is 35.9 Å². The maximum Gasteiger partial charge on any atom is 0.258 e. The van der Waals surface area contributed by atoms with Crippen molar-refractivity contribution in [3.05, 3.63) is 40.5 Å². The van der Waals surface area contributed by atoms with Gasteiger partial charge in [0.25, 0.3) is 10.0 Å². The molecule has 0 aliphatic heterocycles. The standard InChI is InChI=1S/C18H23N3O4S2/c1-11(2)16-17(21-10-12(3)26-18(21)20-16)27(22,23)19-9-13-6-7-14(24-4)8-15(13)25-5/h6-8,10-11,19H,9H2,1-5H3. The molecule has 2 heterocycles. The van der Waals surface area contributed by atoms with Gasteiger partial charge in [0.05, 0.1) is 19.9 Å². The molecular formula is C18H23N3O4S2. The number of nitrogens with zero attached hydrogens (tertiary/aromatic N) is 2. The van der Waals surface area contributed by atoms with E-state index in [1.165, 1.54) is 18.4 Å². The Balaban J connectivity index is 1.96. The smallest absolute Gasteiger partial charge is 0.258 e. The van der Waals surface area contributed by atoms with Crippen LogP contribution < -0.4 is 14.2 Å². The number of benzene rings is 1. The number of ether oxygens (including phenoxy) is 2. The van der Waals surface area contributed by atoms with Gasteiger partial charge in [0.1, 0.15) is 11.5 Å². The predicted molar refractivity (Wildman–Crippen MR) is 105 cm³/mol. The number of aromatic nitrogens is 2. The molecule has 1 aromatic carbocycles. The molecule has 7 nitrogen and oxygen atoms in total. The van der Waals surface area contributed by atoms with Crippen molar-refractivity contribution < 1.29 is 17.9 Å². The van der Waals surface area contributed by atoms with Crippen molar-refractivity contribution in [2.24, 2.45) is 0 Å². The lowest BCUT2D eigenvalue weighted by atomic mass is 10.2. The van der Waals surface area contributed by atoms with Crippen LogP contribution >= 0.6 is 11.3 Å². The number of hydrogen-bond acceptors (Lipinski definition) is 6. The maximum atomic E-state index is 13.1. The van der Waals surface area contributed by atoms with Crippen LogP contribution in [-0.2, 0) is 16.6 Å². The van der Waals surface area contributed by atoms with Crippen LogP contribution in [0.25, 0.3) is 4.96 Å². The van der Waals surface area contributed by atoms with E-state index in [0.717, 1.165) is 10.4 Å². The van der Waals surface area contributed by atoms with Gasteiger partial charge >= 0.3 is 0 Å². The van der Waals surface area contributed by atoms with E-state index in [9.17, 15) is 8.42 Å². The number of methoxy groups -OCH3 is 2. The summed E-state index contributed by atoms with van der Waals surface area (Å²) >= 11 is 1.47. The summed E-state index contributed by atoms with van der Waals surface area (Å²) < 4.78 is 41.1. The molecule has 0 saturated heterocycles. The van der Waals surface area contributed by atoms with Crippen LogP contribution in [0.2, 0.25) is 0 Å². The summed E-state index contributed by atoms with van der Waals surface area (Å²) in [4.78, 5) is 6.21. The predicted octanol–water partition coefficient (Wildman–Crippen LogP) is 3.32. The first-order chi connectivity index (χ1) is 12.8. The second-order valence-electron chi connectivity index (χ2n) is 6.45. The van der Waals surface area contributed by atoms with Crippen molar-refractivity contribution >= 4 is 26.3 Å². The molecule has 0 saturated carbocycles. The fraction of sp³-hybridized carbons (Fsp3) is 0.389. The van der Waals surface area contributed by atoms with Gasteiger partial charge in [-0.2, -0.15) is 0 Å². The Bertz CT molecular complexity index is 1070. The second-order valence-corrected chi connectivity index (χ2v) is 9.35. The minimum atomic E-state index is -3.77. The molecule has 0 atom stereocenters. The molecule has 9 heteroatoms. The third-order valence-electron chi connectivity index (χ3n) is 4.17. The van der Waals surface area contributed by atoms with Crippen molar-refractivity contribution in [3.8, 4) is 11.5 Å². The van der Waals surface area contributed by atoms with E-state index >= 15 is 0 Å². The zero-order valence-corrected chi connectivity index (χ0v) is 17.6. The average molecular weight is 410 g/mol. The maximum absolute atomic E-state index is 13.1. The Morgan fingerprint density at radius 3 is 2.63 bits per heavy atom. The number of thiazole rings is 1. The van der Waals surface area contributed by atoms with Crippen LogP contribution in [0.3, 0.4) is 0 Å². The Labute approximate surface area is 163 Å². The highest BCUT2D eigenvalue weighted by Crippen LogP contribution is 2.29. The number of imidazole rings is 1. The lowest BCUT2D eigenvalue weighted by molar-refractivity contribution is 0.390. The Kier molecular flexibility index (Phi) is 5.45.